The molecule has 2 nitrogen and oxygen atoms in total. The van der Waals surface area contributed by atoms with Crippen LogP contribution in [-0.4, -0.2) is 6.04 Å². The maximum Gasteiger partial charge on any atom is 0.0216 e. The van der Waals surface area contributed by atoms with Crippen LogP contribution in [0.2, 0.25) is 0 Å². The maximum atomic E-state index is 5.79. The number of fused-ring (bicyclic) bond motifs is 1. The zero-order chi connectivity index (χ0) is 13.8. The first-order valence-corrected chi connectivity index (χ1v) is 8.40. The van der Waals surface area contributed by atoms with Gasteiger partial charge in [-0.25, -0.2) is 0 Å². The van der Waals surface area contributed by atoms with E-state index in [0.29, 0.717) is 6.04 Å². The Bertz CT molecular complexity index is 423. The molecular weight excluding hydrogens is 244 g/mol. The first-order valence-electron chi connectivity index (χ1n) is 8.40. The average Bonchev–Trinajstić information content (AvgIpc) is 2.49. The molecule has 3 rings (SSSR count). The highest BCUT2D eigenvalue weighted by atomic mass is 15.2. The van der Waals surface area contributed by atoms with Crippen LogP contribution < -0.4 is 11.3 Å². The van der Waals surface area contributed by atoms with Gasteiger partial charge in [-0.1, -0.05) is 56.4 Å². The Kier molecular flexibility index (Phi) is 4.74. The van der Waals surface area contributed by atoms with Crippen LogP contribution in [0.15, 0.2) is 24.3 Å². The molecule has 1 saturated carbocycles. The summed E-state index contributed by atoms with van der Waals surface area (Å²) in [4.78, 5) is 0. The highest BCUT2D eigenvalue weighted by Gasteiger charge is 2.28. The second-order valence-corrected chi connectivity index (χ2v) is 6.78. The molecule has 2 unspecified atom stereocenters. The molecule has 0 bridgehead atoms. The SMILES string of the molecule is NNC(CCC1CCCCC1)CC1Cc2ccccc21. The van der Waals surface area contributed by atoms with E-state index in [0.717, 1.165) is 11.8 Å². The fraction of sp³-hybridized carbons (Fsp3) is 0.667. The molecule has 1 aromatic carbocycles. The van der Waals surface area contributed by atoms with Crippen molar-refractivity contribution in [2.75, 3.05) is 0 Å². The Morgan fingerprint density at radius 1 is 1.15 bits per heavy atom. The van der Waals surface area contributed by atoms with E-state index in [2.05, 4.69) is 29.7 Å². The zero-order valence-electron chi connectivity index (χ0n) is 12.5. The lowest BCUT2D eigenvalue weighted by Gasteiger charge is -2.33. The van der Waals surface area contributed by atoms with Crippen molar-refractivity contribution in [3.8, 4) is 0 Å². The van der Waals surface area contributed by atoms with E-state index in [1.807, 2.05) is 0 Å². The van der Waals surface area contributed by atoms with Crippen LogP contribution >= 0.6 is 0 Å². The van der Waals surface area contributed by atoms with Gasteiger partial charge in [0.15, 0.2) is 0 Å². The largest absolute Gasteiger partial charge is 0.271 e. The van der Waals surface area contributed by atoms with Crippen molar-refractivity contribution in [3.05, 3.63) is 35.4 Å². The molecule has 1 aromatic rings. The first kappa shape index (κ1) is 14.1. The minimum Gasteiger partial charge on any atom is -0.271 e. The first-order chi connectivity index (χ1) is 9.86. The van der Waals surface area contributed by atoms with Crippen LogP contribution in [0.25, 0.3) is 0 Å². The van der Waals surface area contributed by atoms with E-state index >= 15 is 0 Å². The van der Waals surface area contributed by atoms with Gasteiger partial charge < -0.3 is 0 Å². The van der Waals surface area contributed by atoms with Gasteiger partial charge in [0, 0.05) is 6.04 Å². The summed E-state index contributed by atoms with van der Waals surface area (Å²) in [5.41, 5.74) is 6.17. The van der Waals surface area contributed by atoms with E-state index in [1.165, 1.54) is 57.8 Å². The van der Waals surface area contributed by atoms with Gasteiger partial charge in [-0.15, -0.1) is 0 Å². The number of hydrogen-bond donors (Lipinski definition) is 2. The normalized spacial score (nSPS) is 23.9. The molecule has 20 heavy (non-hydrogen) atoms. The predicted octanol–water partition coefficient (Wildman–Crippen LogP) is 3.91. The molecule has 2 aliphatic carbocycles. The van der Waals surface area contributed by atoms with Crippen LogP contribution in [0, 0.1) is 5.92 Å². The number of nitrogens with one attached hydrogen (secondary N) is 1. The molecule has 3 N–H and O–H groups in total. The van der Waals surface area contributed by atoms with Crippen molar-refractivity contribution in [1.29, 1.82) is 0 Å². The van der Waals surface area contributed by atoms with Crippen molar-refractivity contribution < 1.29 is 0 Å². The van der Waals surface area contributed by atoms with Crippen molar-refractivity contribution in [2.24, 2.45) is 11.8 Å². The molecule has 0 heterocycles. The van der Waals surface area contributed by atoms with E-state index in [1.54, 1.807) is 11.1 Å². The van der Waals surface area contributed by atoms with Crippen molar-refractivity contribution in [2.45, 2.75) is 69.7 Å². The Labute approximate surface area is 123 Å². The molecule has 0 aromatic heterocycles. The topological polar surface area (TPSA) is 38.0 Å². The Hall–Kier alpha value is -0.860. The third-order valence-electron chi connectivity index (χ3n) is 5.41. The summed E-state index contributed by atoms with van der Waals surface area (Å²) in [6.07, 6.45) is 12.3. The fourth-order valence-corrected chi connectivity index (χ4v) is 4.10. The highest BCUT2D eigenvalue weighted by molar-refractivity contribution is 5.39. The van der Waals surface area contributed by atoms with Crippen LogP contribution in [-0.2, 0) is 6.42 Å². The smallest absolute Gasteiger partial charge is 0.0216 e. The Morgan fingerprint density at radius 3 is 2.70 bits per heavy atom. The van der Waals surface area contributed by atoms with Gasteiger partial charge in [-0.2, -0.15) is 0 Å². The summed E-state index contributed by atoms with van der Waals surface area (Å²) in [5.74, 6) is 7.49. The number of nitrogens with two attached hydrogens (primary N) is 1. The Balaban J connectivity index is 1.46. The standard InChI is InChI=1S/C18H28N2/c19-20-17(11-10-14-6-2-1-3-7-14)13-16-12-15-8-4-5-9-18(15)16/h4-5,8-9,14,16-17,20H,1-3,6-7,10-13,19H2. The molecule has 0 amide bonds. The van der Waals surface area contributed by atoms with Gasteiger partial charge in [0.25, 0.3) is 0 Å². The monoisotopic (exact) mass is 272 g/mol. The van der Waals surface area contributed by atoms with E-state index in [9.17, 15) is 0 Å². The molecule has 2 aliphatic rings. The molecule has 2 atom stereocenters. The average molecular weight is 272 g/mol. The quantitative estimate of drug-likeness (QED) is 0.608. The van der Waals surface area contributed by atoms with Gasteiger partial charge >= 0.3 is 0 Å². The summed E-state index contributed by atoms with van der Waals surface area (Å²) in [5, 5.41) is 0. The predicted molar refractivity (Wildman–Crippen MR) is 84.4 cm³/mol. The molecule has 0 radical (unpaired) electrons. The lowest BCUT2D eigenvalue weighted by atomic mass is 9.73. The summed E-state index contributed by atoms with van der Waals surface area (Å²) in [6, 6.07) is 9.36. The second-order valence-electron chi connectivity index (χ2n) is 6.78. The minimum atomic E-state index is 0.496. The Morgan fingerprint density at radius 2 is 1.95 bits per heavy atom. The molecule has 0 saturated heterocycles. The third-order valence-corrected chi connectivity index (χ3v) is 5.41. The number of rotatable bonds is 6. The van der Waals surface area contributed by atoms with Crippen molar-refractivity contribution in [3.63, 3.8) is 0 Å². The summed E-state index contributed by atoms with van der Waals surface area (Å²) < 4.78 is 0. The van der Waals surface area contributed by atoms with Crippen molar-refractivity contribution in [1.82, 2.24) is 5.43 Å². The van der Waals surface area contributed by atoms with Crippen LogP contribution in [0.5, 0.6) is 0 Å². The number of hydrogen-bond acceptors (Lipinski definition) is 2. The third kappa shape index (κ3) is 3.24. The number of hydrazine groups is 1. The molecule has 1 fully saturated rings. The molecular formula is C18H28N2. The molecule has 2 heteroatoms. The summed E-state index contributed by atoms with van der Waals surface area (Å²) in [7, 11) is 0. The van der Waals surface area contributed by atoms with Gasteiger partial charge in [-0.3, -0.25) is 11.3 Å². The fourth-order valence-electron chi connectivity index (χ4n) is 4.10. The van der Waals surface area contributed by atoms with Gasteiger partial charge in [-0.05, 0) is 48.6 Å². The van der Waals surface area contributed by atoms with Gasteiger partial charge in [0.05, 0.1) is 0 Å². The van der Waals surface area contributed by atoms with E-state index in [4.69, 9.17) is 5.84 Å². The summed E-state index contributed by atoms with van der Waals surface area (Å²) in [6.45, 7) is 0. The van der Waals surface area contributed by atoms with Crippen LogP contribution in [0.4, 0.5) is 0 Å². The zero-order valence-corrected chi connectivity index (χ0v) is 12.5. The van der Waals surface area contributed by atoms with Gasteiger partial charge in [0.2, 0.25) is 0 Å². The lowest BCUT2D eigenvalue weighted by Crippen LogP contribution is -2.38. The maximum absolute atomic E-state index is 5.79. The number of benzene rings is 1. The van der Waals surface area contributed by atoms with Crippen LogP contribution in [0.1, 0.15) is 68.4 Å². The van der Waals surface area contributed by atoms with Crippen LogP contribution in [0.3, 0.4) is 0 Å². The lowest BCUT2D eigenvalue weighted by molar-refractivity contribution is 0.301. The second kappa shape index (κ2) is 6.73. The van der Waals surface area contributed by atoms with E-state index < -0.39 is 0 Å². The van der Waals surface area contributed by atoms with E-state index in [-0.39, 0.29) is 0 Å². The molecule has 110 valence electrons. The molecule has 0 spiro atoms. The minimum absolute atomic E-state index is 0.496. The molecule has 0 aliphatic heterocycles. The summed E-state index contributed by atoms with van der Waals surface area (Å²) >= 11 is 0. The van der Waals surface area contributed by atoms with Crippen molar-refractivity contribution >= 4 is 0 Å². The highest BCUT2D eigenvalue weighted by Crippen LogP contribution is 2.38. The van der Waals surface area contributed by atoms with Gasteiger partial charge in [0.1, 0.15) is 0 Å².